The first-order chi connectivity index (χ1) is 11.2. The molecule has 8 heteroatoms. The van der Waals surface area contributed by atoms with Gasteiger partial charge in [-0.3, -0.25) is 14.3 Å². The molecular weight excluding hydrogens is 328 g/mol. The molecule has 0 radical (unpaired) electrons. The summed E-state index contributed by atoms with van der Waals surface area (Å²) in [7, 11) is -1.76. The molecule has 7 nitrogen and oxygen atoms in total. The summed E-state index contributed by atoms with van der Waals surface area (Å²) in [5, 5.41) is 10.2. The first-order valence-corrected chi connectivity index (χ1v) is 11.6. The number of aryl methyl sites for hydroxylation is 1. The number of ether oxygens (including phenoxy) is 1. The van der Waals surface area contributed by atoms with E-state index in [-0.39, 0.29) is 0 Å². The summed E-state index contributed by atoms with van der Waals surface area (Å²) in [4.78, 5) is 25.7. The highest BCUT2D eigenvalue weighted by Gasteiger charge is 2.37. The molecule has 0 aliphatic carbocycles. The van der Waals surface area contributed by atoms with Crippen LogP contribution >= 0.6 is 0 Å². The molecule has 0 unspecified atom stereocenters. The summed E-state index contributed by atoms with van der Waals surface area (Å²) < 4.78 is 13.2. The van der Waals surface area contributed by atoms with Crippen molar-refractivity contribution in [3.8, 4) is 0 Å². The molecular formula is C16H28N2O5Si. The Labute approximate surface area is 142 Å². The van der Waals surface area contributed by atoms with E-state index in [0.717, 1.165) is 18.9 Å². The molecule has 1 fully saturated rings. The number of unbranched alkanes of at least 4 members (excludes halogenated alkanes) is 1. The molecule has 1 aromatic rings. The third-order valence-electron chi connectivity index (χ3n) is 4.43. The molecule has 24 heavy (non-hydrogen) atoms. The molecule has 0 bridgehead atoms. The van der Waals surface area contributed by atoms with Gasteiger partial charge in [0.2, 0.25) is 0 Å². The highest BCUT2D eigenvalue weighted by Crippen LogP contribution is 2.29. The monoisotopic (exact) mass is 356 g/mol. The standard InChI is InChI=1S/C16H28N2O5Si/c1-5-6-7-24(3,4)22-10-13-12(19)8-14(23-13)18-9-11(2)15(20)17-16(18)21/h9,12-14,19H,5-8,10H2,1-4H3,(H,17,20,21)/t12-,13+,14+/m0/s1. The number of hydrogen-bond acceptors (Lipinski definition) is 5. The number of nitrogens with one attached hydrogen (secondary N) is 1. The highest BCUT2D eigenvalue weighted by atomic mass is 28.4. The van der Waals surface area contributed by atoms with Gasteiger partial charge in [0.15, 0.2) is 8.32 Å². The maximum atomic E-state index is 11.9. The Kier molecular flexibility index (Phi) is 6.19. The van der Waals surface area contributed by atoms with Crippen molar-refractivity contribution in [2.24, 2.45) is 0 Å². The van der Waals surface area contributed by atoms with Gasteiger partial charge in [0.1, 0.15) is 12.3 Å². The van der Waals surface area contributed by atoms with Crippen LogP contribution in [0, 0.1) is 6.92 Å². The number of nitrogens with zero attached hydrogens (tertiary/aromatic N) is 1. The predicted octanol–water partition coefficient (Wildman–Crippen LogP) is 1.52. The second-order valence-corrected chi connectivity index (χ2v) is 11.4. The Morgan fingerprint density at radius 3 is 2.83 bits per heavy atom. The molecule has 2 N–H and O–H groups in total. The fourth-order valence-corrected chi connectivity index (χ4v) is 4.78. The number of aromatic amines is 1. The molecule has 1 aromatic heterocycles. The second kappa shape index (κ2) is 7.77. The van der Waals surface area contributed by atoms with Gasteiger partial charge in [-0.1, -0.05) is 19.8 Å². The van der Waals surface area contributed by atoms with Crippen LogP contribution in [0.25, 0.3) is 0 Å². The molecule has 0 amide bonds. The lowest BCUT2D eigenvalue weighted by Crippen LogP contribution is -2.37. The molecule has 0 aromatic carbocycles. The third-order valence-corrected chi connectivity index (χ3v) is 6.94. The van der Waals surface area contributed by atoms with E-state index < -0.39 is 38.0 Å². The highest BCUT2D eigenvalue weighted by molar-refractivity contribution is 6.71. The van der Waals surface area contributed by atoms with Crippen molar-refractivity contribution in [3.63, 3.8) is 0 Å². The molecule has 1 aliphatic rings. The lowest BCUT2D eigenvalue weighted by Gasteiger charge is -2.25. The fourth-order valence-electron chi connectivity index (χ4n) is 2.82. The largest absolute Gasteiger partial charge is 0.415 e. The lowest BCUT2D eigenvalue weighted by molar-refractivity contribution is -0.0426. The Bertz CT molecular complexity index is 669. The van der Waals surface area contributed by atoms with Crippen molar-refractivity contribution in [1.82, 2.24) is 9.55 Å². The third kappa shape index (κ3) is 4.66. The average molecular weight is 356 g/mol. The summed E-state index contributed by atoms with van der Waals surface area (Å²) in [6, 6.07) is 1.08. The Morgan fingerprint density at radius 1 is 1.46 bits per heavy atom. The van der Waals surface area contributed by atoms with Gasteiger partial charge in [0, 0.05) is 18.2 Å². The number of rotatable bonds is 7. The summed E-state index contributed by atoms with van der Waals surface area (Å²) in [6.07, 6.45) is 2.32. The SMILES string of the molecule is CCCC[Si](C)(C)OC[C@H]1O[C@@H](n2cc(C)c(=O)[nH]c2=O)C[C@@H]1O. The van der Waals surface area contributed by atoms with E-state index >= 15 is 0 Å². The van der Waals surface area contributed by atoms with Crippen molar-refractivity contribution in [2.45, 2.75) is 70.7 Å². The average Bonchev–Trinajstić information content (AvgIpc) is 2.88. The van der Waals surface area contributed by atoms with Crippen LogP contribution in [0.1, 0.15) is 38.0 Å². The maximum absolute atomic E-state index is 11.9. The van der Waals surface area contributed by atoms with Crippen LogP contribution in [0.3, 0.4) is 0 Å². The second-order valence-electron chi connectivity index (χ2n) is 7.09. The molecule has 1 saturated heterocycles. The van der Waals surface area contributed by atoms with Crippen LogP contribution in [-0.2, 0) is 9.16 Å². The Hall–Kier alpha value is -1.22. The molecule has 2 heterocycles. The first-order valence-electron chi connectivity index (χ1n) is 8.53. The minimum atomic E-state index is -1.76. The van der Waals surface area contributed by atoms with Crippen molar-refractivity contribution in [1.29, 1.82) is 0 Å². The van der Waals surface area contributed by atoms with Crippen LogP contribution in [0.4, 0.5) is 0 Å². The lowest BCUT2D eigenvalue weighted by atomic mass is 10.2. The minimum Gasteiger partial charge on any atom is -0.415 e. The van der Waals surface area contributed by atoms with E-state index in [1.165, 1.54) is 10.8 Å². The molecule has 0 spiro atoms. The summed E-state index contributed by atoms with van der Waals surface area (Å²) >= 11 is 0. The van der Waals surface area contributed by atoms with Crippen LogP contribution in [0.2, 0.25) is 19.1 Å². The maximum Gasteiger partial charge on any atom is 0.330 e. The van der Waals surface area contributed by atoms with E-state index in [1.807, 2.05) is 0 Å². The Balaban J connectivity index is 2.01. The predicted molar refractivity (Wildman–Crippen MR) is 93.7 cm³/mol. The molecule has 2 rings (SSSR count). The normalized spacial score (nSPS) is 24.5. The van der Waals surface area contributed by atoms with Crippen molar-refractivity contribution >= 4 is 8.32 Å². The number of aliphatic hydroxyl groups is 1. The zero-order chi connectivity index (χ0) is 17.9. The molecule has 0 saturated carbocycles. The zero-order valence-corrected chi connectivity index (χ0v) is 15.9. The van der Waals surface area contributed by atoms with Crippen molar-refractivity contribution < 1.29 is 14.3 Å². The number of H-pyrrole nitrogens is 1. The topological polar surface area (TPSA) is 93.5 Å². The first kappa shape index (κ1) is 19.1. The van der Waals surface area contributed by atoms with Crippen LogP contribution < -0.4 is 11.2 Å². The van der Waals surface area contributed by atoms with Gasteiger partial charge in [-0.05, 0) is 26.1 Å². The van der Waals surface area contributed by atoms with E-state index in [4.69, 9.17) is 9.16 Å². The van der Waals surface area contributed by atoms with Crippen molar-refractivity contribution in [3.05, 3.63) is 32.6 Å². The van der Waals surface area contributed by atoms with Gasteiger partial charge < -0.3 is 14.3 Å². The quantitative estimate of drug-likeness (QED) is 0.723. The Morgan fingerprint density at radius 2 is 2.17 bits per heavy atom. The number of aromatic nitrogens is 2. The smallest absolute Gasteiger partial charge is 0.330 e. The molecule has 136 valence electrons. The van der Waals surface area contributed by atoms with E-state index in [0.29, 0.717) is 18.6 Å². The van der Waals surface area contributed by atoms with E-state index in [9.17, 15) is 14.7 Å². The summed E-state index contributed by atoms with van der Waals surface area (Å²) in [6.45, 7) is 8.44. The number of aliphatic hydroxyl groups excluding tert-OH is 1. The summed E-state index contributed by atoms with van der Waals surface area (Å²) in [5.41, 5.74) is -0.499. The zero-order valence-electron chi connectivity index (χ0n) is 14.9. The van der Waals surface area contributed by atoms with Gasteiger partial charge in [0.05, 0.1) is 12.7 Å². The minimum absolute atomic E-state index is 0.302. The molecule has 3 atom stereocenters. The number of hydrogen-bond donors (Lipinski definition) is 2. The fraction of sp³-hybridized carbons (Fsp3) is 0.750. The molecule has 1 aliphatic heterocycles. The van der Waals surface area contributed by atoms with Crippen LogP contribution in [-0.4, -0.2) is 41.8 Å². The van der Waals surface area contributed by atoms with Crippen LogP contribution in [0.15, 0.2) is 15.8 Å². The van der Waals surface area contributed by atoms with Gasteiger partial charge in [-0.25, -0.2) is 4.79 Å². The van der Waals surface area contributed by atoms with Crippen molar-refractivity contribution in [2.75, 3.05) is 6.61 Å². The van der Waals surface area contributed by atoms with Gasteiger partial charge in [-0.15, -0.1) is 0 Å². The van der Waals surface area contributed by atoms with E-state index in [1.54, 1.807) is 6.92 Å². The van der Waals surface area contributed by atoms with Gasteiger partial charge in [-0.2, -0.15) is 0 Å². The summed E-state index contributed by atoms with van der Waals surface area (Å²) in [5.74, 6) is 0. The van der Waals surface area contributed by atoms with E-state index in [2.05, 4.69) is 25.0 Å². The van der Waals surface area contributed by atoms with Crippen LogP contribution in [0.5, 0.6) is 0 Å². The van der Waals surface area contributed by atoms with Gasteiger partial charge in [0.25, 0.3) is 5.56 Å². The van der Waals surface area contributed by atoms with Gasteiger partial charge >= 0.3 is 5.69 Å².